The van der Waals surface area contributed by atoms with Gasteiger partial charge in [-0.3, -0.25) is 49.4 Å². The summed E-state index contributed by atoms with van der Waals surface area (Å²) in [5, 5.41) is 26.6. The van der Waals surface area contributed by atoms with Gasteiger partial charge in [-0.25, -0.2) is 0 Å². The number of quaternary nitrogens is 2. The van der Waals surface area contributed by atoms with Crippen LogP contribution in [0.5, 0.6) is 0 Å². The lowest BCUT2D eigenvalue weighted by Gasteiger charge is -2.43. The molecule has 0 bridgehead atoms. The number of fused-ring (bicyclic) bond motifs is 2. The molecule has 0 aromatic heterocycles. The number of hydrogen-bond acceptors (Lipinski definition) is 15. The van der Waals surface area contributed by atoms with Gasteiger partial charge in [0.1, 0.15) is 23.8 Å². The highest BCUT2D eigenvalue weighted by atomic mass is 127. The van der Waals surface area contributed by atoms with Crippen LogP contribution in [0.2, 0.25) is 0 Å². The van der Waals surface area contributed by atoms with E-state index in [1.165, 1.54) is 14.1 Å². The summed E-state index contributed by atoms with van der Waals surface area (Å²) < 4.78 is 17.7. The maximum Gasteiger partial charge on any atom is 0.282 e. The number of hydroxylamine groups is 6. The van der Waals surface area contributed by atoms with E-state index in [-0.39, 0.29) is 45.8 Å². The summed E-state index contributed by atoms with van der Waals surface area (Å²) in [4.78, 5) is 0. The third-order valence-corrected chi connectivity index (χ3v) is 6.58. The van der Waals surface area contributed by atoms with Crippen LogP contribution in [-0.2, 0) is 18.9 Å². The van der Waals surface area contributed by atoms with Crippen molar-refractivity contribution in [2.24, 2.45) is 51.6 Å². The van der Waals surface area contributed by atoms with Gasteiger partial charge in [0.25, 0.3) is 21.3 Å². The van der Waals surface area contributed by atoms with Crippen molar-refractivity contribution in [3.8, 4) is 0 Å². The van der Waals surface area contributed by atoms with Crippen LogP contribution in [-0.4, -0.2) is 44.7 Å². The SMILES string of the molecule is C[N+]1([O-])C=C2OC(N)(N)C(N)(N)OC2=C1/C(N)=C(\N)C1=C2OC(N)(I)C(N)(N)OC2=C[N+]1(C)[O-]. The molecular weight excluding hydrogens is 569 g/mol. The molecule has 17 nitrogen and oxygen atoms in total. The van der Waals surface area contributed by atoms with Crippen LogP contribution in [0.25, 0.3) is 0 Å². The first kappa shape index (κ1) is 24.9. The summed E-state index contributed by atoms with van der Waals surface area (Å²) in [6.07, 6.45) is 2.12. The lowest BCUT2D eigenvalue weighted by molar-refractivity contribution is -0.764. The Morgan fingerprint density at radius 3 is 1.50 bits per heavy atom. The van der Waals surface area contributed by atoms with Crippen molar-refractivity contribution in [1.82, 2.24) is 0 Å². The van der Waals surface area contributed by atoms with Crippen LogP contribution in [0.4, 0.5) is 0 Å². The first-order chi connectivity index (χ1) is 15.1. The standard InChI is InChI=1S/C16H26IN11O6/c1-27(29)3-5-11(33-13(17,20)14(21,22)31-5)9(27)7(18)8(19)10-12-6(4-28(10,2)30)32-15(23,24)16(25,26)34-12/h3-4H,18-26H2,1-2H3/b8-7+. The van der Waals surface area contributed by atoms with Crippen LogP contribution in [0.15, 0.2) is 58.2 Å². The van der Waals surface area contributed by atoms with Crippen LogP contribution >= 0.6 is 22.6 Å². The number of halogens is 1. The number of rotatable bonds is 2. The van der Waals surface area contributed by atoms with Crippen LogP contribution in [0, 0.1) is 10.4 Å². The smallest absolute Gasteiger partial charge is 0.282 e. The van der Waals surface area contributed by atoms with Crippen LogP contribution < -0.4 is 51.6 Å². The molecule has 18 N–H and O–H groups in total. The number of nitrogens with two attached hydrogens (primary N) is 9. The molecule has 0 spiro atoms. The lowest BCUT2D eigenvalue weighted by Crippen LogP contribution is -2.79. The fraction of sp³-hybridized carbons (Fsp3) is 0.375. The predicted octanol–water partition coefficient (Wildman–Crippen LogP) is -4.01. The Balaban J connectivity index is 1.88. The van der Waals surface area contributed by atoms with Gasteiger partial charge >= 0.3 is 0 Å². The van der Waals surface area contributed by atoms with Gasteiger partial charge in [0, 0.05) is 0 Å². The number of ether oxygens (including phenoxy) is 4. The normalized spacial score (nSPS) is 37.9. The minimum Gasteiger partial charge on any atom is -0.622 e. The van der Waals surface area contributed by atoms with E-state index in [0.717, 1.165) is 12.4 Å². The van der Waals surface area contributed by atoms with Gasteiger partial charge in [-0.1, -0.05) is 0 Å². The highest BCUT2D eigenvalue weighted by Crippen LogP contribution is 2.47. The van der Waals surface area contributed by atoms with Gasteiger partial charge in [0.05, 0.1) is 14.1 Å². The molecule has 188 valence electrons. The van der Waals surface area contributed by atoms with E-state index < -0.39 is 30.6 Å². The van der Waals surface area contributed by atoms with Gasteiger partial charge in [-0.2, -0.15) is 0 Å². The van der Waals surface area contributed by atoms with E-state index in [1.807, 2.05) is 0 Å². The molecule has 34 heavy (non-hydrogen) atoms. The van der Waals surface area contributed by atoms with Crippen molar-refractivity contribution in [2.45, 2.75) is 21.3 Å². The van der Waals surface area contributed by atoms with E-state index in [2.05, 4.69) is 0 Å². The van der Waals surface area contributed by atoms with Crippen molar-refractivity contribution < 1.29 is 28.2 Å². The van der Waals surface area contributed by atoms with Crippen LogP contribution in [0.3, 0.4) is 0 Å². The summed E-state index contributed by atoms with van der Waals surface area (Å²) in [6.45, 7) is 0. The number of alkyl halides is 1. The highest BCUT2D eigenvalue weighted by Gasteiger charge is 2.58. The van der Waals surface area contributed by atoms with E-state index in [9.17, 15) is 10.4 Å². The molecule has 0 aromatic rings. The summed E-state index contributed by atoms with van der Waals surface area (Å²) >= 11 is 1.61. The Morgan fingerprint density at radius 1 is 0.706 bits per heavy atom. The second-order valence-corrected chi connectivity index (χ2v) is 10.2. The van der Waals surface area contributed by atoms with E-state index in [0.29, 0.717) is 0 Å². The highest BCUT2D eigenvalue weighted by molar-refractivity contribution is 14.1. The molecule has 4 rings (SSSR count). The maximum absolute atomic E-state index is 13.3. The average molecular weight is 595 g/mol. The van der Waals surface area contributed by atoms with E-state index in [1.54, 1.807) is 22.6 Å². The fourth-order valence-electron chi connectivity index (χ4n) is 3.64. The first-order valence-electron chi connectivity index (χ1n) is 9.47. The zero-order valence-electron chi connectivity index (χ0n) is 18.1. The second-order valence-electron chi connectivity index (χ2n) is 8.58. The Hall–Kier alpha value is -2.21. The molecule has 3 atom stereocenters. The molecule has 2 fully saturated rings. The predicted molar refractivity (Wildman–Crippen MR) is 123 cm³/mol. The van der Waals surface area contributed by atoms with Gasteiger partial charge in [-0.15, -0.1) is 0 Å². The molecule has 2 saturated heterocycles. The number of nitrogens with zero attached hydrogens (tertiary/aromatic N) is 2. The molecule has 3 unspecified atom stereocenters. The molecule has 4 aliphatic rings. The minimum absolute atomic E-state index is 0.121. The minimum atomic E-state index is -2.26. The molecule has 0 amide bonds. The van der Waals surface area contributed by atoms with Crippen molar-refractivity contribution in [1.29, 1.82) is 0 Å². The molecular formula is C16H26IN11O6. The van der Waals surface area contributed by atoms with E-state index in [4.69, 9.17) is 70.6 Å². The molecule has 0 aromatic carbocycles. The second kappa shape index (κ2) is 6.71. The molecule has 4 aliphatic heterocycles. The van der Waals surface area contributed by atoms with Crippen LogP contribution in [0.1, 0.15) is 0 Å². The topological polar surface area (TPSA) is 317 Å². The summed E-state index contributed by atoms with van der Waals surface area (Å²) in [6, 6.07) is 0. The number of hydrogen-bond donors (Lipinski definition) is 9. The summed E-state index contributed by atoms with van der Waals surface area (Å²) in [5.41, 5.74) is 52.2. The zero-order chi connectivity index (χ0) is 25.9. The Kier molecular flexibility index (Phi) is 4.92. The number of likely N-dealkylation sites (N-methyl/N-ethyl adjacent to an activating group) is 2. The van der Waals surface area contributed by atoms with Crippen molar-refractivity contribution >= 4 is 22.6 Å². The molecule has 18 heteroatoms. The van der Waals surface area contributed by atoms with Gasteiger partial charge in [0.2, 0.25) is 34.4 Å². The summed E-state index contributed by atoms with van der Waals surface area (Å²) in [7, 11) is 2.38. The van der Waals surface area contributed by atoms with E-state index >= 15 is 0 Å². The zero-order valence-corrected chi connectivity index (χ0v) is 20.2. The Morgan fingerprint density at radius 2 is 1.06 bits per heavy atom. The average Bonchev–Trinajstić information content (AvgIpc) is 2.99. The Bertz CT molecular complexity index is 1060. The third kappa shape index (κ3) is 3.35. The first-order valence-corrected chi connectivity index (χ1v) is 10.5. The largest absolute Gasteiger partial charge is 0.622 e. The molecule has 0 aliphatic carbocycles. The maximum atomic E-state index is 13.3. The monoisotopic (exact) mass is 595 g/mol. The van der Waals surface area contributed by atoms with Gasteiger partial charge in [-0.05, 0) is 22.6 Å². The summed E-state index contributed by atoms with van der Waals surface area (Å²) in [5.74, 6) is -7.17. The lowest BCUT2D eigenvalue weighted by atomic mass is 10.1. The quantitative estimate of drug-likeness (QED) is 0.0367. The fourth-order valence-corrected chi connectivity index (χ4v) is 3.97. The molecule has 0 saturated carbocycles. The molecule has 0 radical (unpaired) electrons. The Labute approximate surface area is 206 Å². The van der Waals surface area contributed by atoms with Gasteiger partial charge in [0.15, 0.2) is 0 Å². The molecule has 4 heterocycles. The van der Waals surface area contributed by atoms with Crippen molar-refractivity contribution in [2.75, 3.05) is 14.1 Å². The van der Waals surface area contributed by atoms with Gasteiger partial charge < -0.3 is 40.8 Å². The van der Waals surface area contributed by atoms with Crippen molar-refractivity contribution in [3.05, 3.63) is 68.6 Å². The van der Waals surface area contributed by atoms with Crippen molar-refractivity contribution in [3.63, 3.8) is 0 Å². The third-order valence-electron chi connectivity index (χ3n) is 5.52.